The highest BCUT2D eigenvalue weighted by Gasteiger charge is 2.34. The van der Waals surface area contributed by atoms with Crippen molar-refractivity contribution < 1.29 is 4.79 Å². The number of aromatic nitrogens is 1. The molecule has 1 N–H and O–H groups in total. The fraction of sp³-hybridized carbons (Fsp3) is 0.647. The first kappa shape index (κ1) is 14.5. The topological polar surface area (TPSA) is 45.2 Å². The molecule has 21 heavy (non-hydrogen) atoms. The zero-order valence-electron chi connectivity index (χ0n) is 12.8. The standard InChI is InChI=1S/C17H25N3O/c1-20(9-6-13-4-7-18-8-5-13)17(21)12-14-10-15-2-3-16(11-14)19-15/h4-5,7-8,14-16,19H,2-3,6,9-12H2,1H3. The molecule has 2 saturated heterocycles. The summed E-state index contributed by atoms with van der Waals surface area (Å²) in [5.41, 5.74) is 1.24. The highest BCUT2D eigenvalue weighted by Crippen LogP contribution is 2.32. The second-order valence-electron chi connectivity index (χ2n) is 6.60. The Kier molecular flexibility index (Phi) is 4.54. The SMILES string of the molecule is CN(CCc1ccncc1)C(=O)CC1CC2CCC(C1)N2. The monoisotopic (exact) mass is 287 g/mol. The Morgan fingerprint density at radius 3 is 2.62 bits per heavy atom. The molecule has 1 amide bonds. The van der Waals surface area contributed by atoms with Crippen molar-refractivity contribution in [1.82, 2.24) is 15.2 Å². The number of hydrogen-bond donors (Lipinski definition) is 1. The molecule has 1 aromatic heterocycles. The van der Waals surface area contributed by atoms with Gasteiger partial charge in [-0.15, -0.1) is 0 Å². The molecule has 3 heterocycles. The zero-order chi connectivity index (χ0) is 14.7. The van der Waals surface area contributed by atoms with Crippen LogP contribution in [-0.4, -0.2) is 41.5 Å². The number of fused-ring (bicyclic) bond motifs is 2. The van der Waals surface area contributed by atoms with Crippen LogP contribution in [-0.2, 0) is 11.2 Å². The van der Waals surface area contributed by atoms with Gasteiger partial charge < -0.3 is 10.2 Å². The second kappa shape index (κ2) is 6.56. The largest absolute Gasteiger partial charge is 0.345 e. The summed E-state index contributed by atoms with van der Waals surface area (Å²) in [6.07, 6.45) is 10.2. The third kappa shape index (κ3) is 3.82. The number of piperidine rings is 1. The van der Waals surface area contributed by atoms with Gasteiger partial charge in [0.1, 0.15) is 0 Å². The van der Waals surface area contributed by atoms with Crippen molar-refractivity contribution in [2.45, 2.75) is 50.6 Å². The summed E-state index contributed by atoms with van der Waals surface area (Å²) in [5, 5.41) is 3.64. The number of hydrogen-bond acceptors (Lipinski definition) is 3. The minimum Gasteiger partial charge on any atom is -0.345 e. The van der Waals surface area contributed by atoms with Gasteiger partial charge in [-0.3, -0.25) is 9.78 Å². The highest BCUT2D eigenvalue weighted by atomic mass is 16.2. The molecule has 2 fully saturated rings. The van der Waals surface area contributed by atoms with E-state index in [9.17, 15) is 4.79 Å². The number of carbonyl (C=O) groups excluding carboxylic acids is 1. The summed E-state index contributed by atoms with van der Waals surface area (Å²) >= 11 is 0. The van der Waals surface area contributed by atoms with E-state index in [1.165, 1.54) is 31.2 Å². The lowest BCUT2D eigenvalue weighted by atomic mass is 9.89. The molecule has 0 spiro atoms. The molecule has 0 radical (unpaired) electrons. The molecule has 0 saturated carbocycles. The van der Waals surface area contributed by atoms with Crippen LogP contribution in [0.4, 0.5) is 0 Å². The normalized spacial score (nSPS) is 27.6. The minimum absolute atomic E-state index is 0.301. The first-order valence-electron chi connectivity index (χ1n) is 8.09. The maximum absolute atomic E-state index is 12.4. The molecule has 2 atom stereocenters. The van der Waals surface area contributed by atoms with E-state index in [1.54, 1.807) is 0 Å². The Morgan fingerprint density at radius 2 is 1.95 bits per heavy atom. The van der Waals surface area contributed by atoms with Crippen molar-refractivity contribution in [3.05, 3.63) is 30.1 Å². The molecule has 2 aliphatic heterocycles. The number of carbonyl (C=O) groups is 1. The fourth-order valence-electron chi connectivity index (χ4n) is 3.72. The lowest BCUT2D eigenvalue weighted by Crippen LogP contribution is -2.40. The van der Waals surface area contributed by atoms with Crippen molar-refractivity contribution in [3.8, 4) is 0 Å². The summed E-state index contributed by atoms with van der Waals surface area (Å²) in [6, 6.07) is 5.37. The van der Waals surface area contributed by atoms with E-state index in [4.69, 9.17) is 0 Å². The Labute approximate surface area is 126 Å². The average molecular weight is 287 g/mol. The molecular weight excluding hydrogens is 262 g/mol. The molecule has 2 unspecified atom stereocenters. The molecular formula is C17H25N3O. The summed E-state index contributed by atoms with van der Waals surface area (Å²) in [4.78, 5) is 18.3. The van der Waals surface area contributed by atoms with Crippen LogP contribution in [0.5, 0.6) is 0 Å². The lowest BCUT2D eigenvalue weighted by molar-refractivity contribution is -0.131. The summed E-state index contributed by atoms with van der Waals surface area (Å²) in [7, 11) is 1.93. The predicted molar refractivity (Wildman–Crippen MR) is 82.9 cm³/mol. The molecule has 2 aliphatic rings. The Bertz CT molecular complexity index is 464. The van der Waals surface area contributed by atoms with Crippen molar-refractivity contribution in [3.63, 3.8) is 0 Å². The van der Waals surface area contributed by atoms with E-state index in [2.05, 4.69) is 10.3 Å². The number of nitrogens with zero attached hydrogens (tertiary/aromatic N) is 2. The summed E-state index contributed by atoms with van der Waals surface area (Å²) < 4.78 is 0. The van der Waals surface area contributed by atoms with Gasteiger partial charge in [0.05, 0.1) is 0 Å². The van der Waals surface area contributed by atoms with Crippen LogP contribution < -0.4 is 5.32 Å². The lowest BCUT2D eigenvalue weighted by Gasteiger charge is -2.30. The van der Waals surface area contributed by atoms with Gasteiger partial charge in [-0.25, -0.2) is 0 Å². The summed E-state index contributed by atoms with van der Waals surface area (Å²) in [5.74, 6) is 0.884. The molecule has 1 aromatic rings. The molecule has 4 heteroatoms. The van der Waals surface area contributed by atoms with Crippen LogP contribution >= 0.6 is 0 Å². The number of rotatable bonds is 5. The van der Waals surface area contributed by atoms with Crippen molar-refractivity contribution >= 4 is 5.91 Å². The van der Waals surface area contributed by atoms with Crippen LogP contribution in [0.15, 0.2) is 24.5 Å². The predicted octanol–water partition coefficient (Wildman–Crippen LogP) is 2.00. The zero-order valence-corrected chi connectivity index (χ0v) is 12.8. The fourth-order valence-corrected chi connectivity index (χ4v) is 3.72. The first-order valence-corrected chi connectivity index (χ1v) is 8.09. The van der Waals surface area contributed by atoms with Gasteiger partial charge in [0.2, 0.25) is 5.91 Å². The third-order valence-corrected chi connectivity index (χ3v) is 4.94. The van der Waals surface area contributed by atoms with E-state index in [1.807, 2.05) is 36.5 Å². The number of likely N-dealkylation sites (N-methyl/N-ethyl adjacent to an activating group) is 1. The van der Waals surface area contributed by atoms with Crippen LogP contribution in [0.1, 0.15) is 37.7 Å². The van der Waals surface area contributed by atoms with Gasteiger partial charge in [0, 0.05) is 44.5 Å². The van der Waals surface area contributed by atoms with Crippen LogP contribution in [0.25, 0.3) is 0 Å². The average Bonchev–Trinajstić information content (AvgIpc) is 2.84. The van der Waals surface area contributed by atoms with Gasteiger partial charge in [-0.05, 0) is 55.7 Å². The quantitative estimate of drug-likeness (QED) is 0.901. The van der Waals surface area contributed by atoms with Crippen molar-refractivity contribution in [2.24, 2.45) is 5.92 Å². The van der Waals surface area contributed by atoms with E-state index < -0.39 is 0 Å². The van der Waals surface area contributed by atoms with Gasteiger partial charge in [0.15, 0.2) is 0 Å². The maximum Gasteiger partial charge on any atom is 0.222 e. The van der Waals surface area contributed by atoms with Crippen LogP contribution in [0.2, 0.25) is 0 Å². The third-order valence-electron chi connectivity index (χ3n) is 4.94. The van der Waals surface area contributed by atoms with Crippen molar-refractivity contribution in [2.75, 3.05) is 13.6 Å². The molecule has 0 aliphatic carbocycles. The van der Waals surface area contributed by atoms with E-state index in [0.717, 1.165) is 19.4 Å². The Hall–Kier alpha value is -1.42. The van der Waals surface area contributed by atoms with Crippen molar-refractivity contribution in [1.29, 1.82) is 0 Å². The molecule has 3 rings (SSSR count). The minimum atomic E-state index is 0.301. The van der Waals surface area contributed by atoms with Crippen LogP contribution in [0.3, 0.4) is 0 Å². The number of pyridine rings is 1. The highest BCUT2D eigenvalue weighted by molar-refractivity contribution is 5.76. The van der Waals surface area contributed by atoms with Gasteiger partial charge in [-0.1, -0.05) is 0 Å². The molecule has 2 bridgehead atoms. The first-order chi connectivity index (χ1) is 10.2. The second-order valence-corrected chi connectivity index (χ2v) is 6.60. The van der Waals surface area contributed by atoms with E-state index in [0.29, 0.717) is 23.9 Å². The van der Waals surface area contributed by atoms with Crippen LogP contribution in [0, 0.1) is 5.92 Å². The molecule has 0 aromatic carbocycles. The molecule has 4 nitrogen and oxygen atoms in total. The number of amides is 1. The Morgan fingerprint density at radius 1 is 1.29 bits per heavy atom. The maximum atomic E-state index is 12.4. The number of nitrogens with one attached hydrogen (secondary N) is 1. The van der Waals surface area contributed by atoms with Gasteiger partial charge in [0.25, 0.3) is 0 Å². The smallest absolute Gasteiger partial charge is 0.222 e. The Balaban J connectivity index is 1.44. The van der Waals surface area contributed by atoms with Gasteiger partial charge >= 0.3 is 0 Å². The van der Waals surface area contributed by atoms with E-state index >= 15 is 0 Å². The summed E-state index contributed by atoms with van der Waals surface area (Å²) in [6.45, 7) is 0.792. The van der Waals surface area contributed by atoms with Gasteiger partial charge in [-0.2, -0.15) is 0 Å². The van der Waals surface area contributed by atoms with E-state index in [-0.39, 0.29) is 0 Å². The molecule has 114 valence electrons.